The molecule has 0 amide bonds. The van der Waals surface area contributed by atoms with E-state index in [1.165, 1.54) is 13.2 Å². The zero-order valence-corrected chi connectivity index (χ0v) is 9.54. The zero-order chi connectivity index (χ0) is 12.3. The van der Waals surface area contributed by atoms with Gasteiger partial charge in [-0.15, -0.1) is 0 Å². The third-order valence-corrected chi connectivity index (χ3v) is 2.27. The van der Waals surface area contributed by atoms with Gasteiger partial charge in [0.1, 0.15) is 22.1 Å². The quantitative estimate of drug-likeness (QED) is 0.851. The van der Waals surface area contributed by atoms with Crippen molar-refractivity contribution in [3.8, 4) is 17.2 Å². The number of aromatic carboxylic acids is 1. The van der Waals surface area contributed by atoms with Gasteiger partial charge in [-0.25, -0.2) is 4.79 Å². The lowest BCUT2D eigenvalue weighted by molar-refractivity contribution is 0.0689. The van der Waals surface area contributed by atoms with Gasteiger partial charge >= 0.3 is 5.97 Å². The molecule has 0 aliphatic rings. The van der Waals surface area contributed by atoms with Crippen LogP contribution in [0.4, 0.5) is 0 Å². The predicted octanol–water partition coefficient (Wildman–Crippen LogP) is 2.15. The molecule has 0 saturated heterocycles. The maximum atomic E-state index is 10.9. The summed E-state index contributed by atoms with van der Waals surface area (Å²) < 4.78 is 9.98. The molecule has 0 spiro atoms. The molecule has 0 saturated carbocycles. The monoisotopic (exact) mass is 246 g/mol. The van der Waals surface area contributed by atoms with Gasteiger partial charge < -0.3 is 19.7 Å². The Morgan fingerprint density at radius 3 is 2.56 bits per heavy atom. The van der Waals surface area contributed by atoms with E-state index in [-0.39, 0.29) is 28.7 Å². The van der Waals surface area contributed by atoms with Gasteiger partial charge in [-0.2, -0.15) is 0 Å². The minimum atomic E-state index is -1.31. The number of carbonyl (C=O) groups is 1. The Morgan fingerprint density at radius 2 is 2.12 bits per heavy atom. The number of rotatable bonds is 4. The lowest BCUT2D eigenvalue weighted by atomic mass is 10.1. The minimum Gasteiger partial charge on any atom is -0.505 e. The molecule has 0 fully saturated rings. The Hall–Kier alpha value is -1.62. The number of hydrogen-bond donors (Lipinski definition) is 2. The molecule has 16 heavy (non-hydrogen) atoms. The third kappa shape index (κ3) is 2.14. The van der Waals surface area contributed by atoms with Crippen LogP contribution in [0.15, 0.2) is 6.07 Å². The molecular formula is C10H11ClO5. The number of phenols is 1. The highest BCUT2D eigenvalue weighted by Crippen LogP contribution is 2.41. The van der Waals surface area contributed by atoms with Gasteiger partial charge in [0.25, 0.3) is 0 Å². The molecule has 0 aromatic heterocycles. The fraction of sp³-hybridized carbons (Fsp3) is 0.300. The maximum absolute atomic E-state index is 10.9. The molecule has 2 N–H and O–H groups in total. The van der Waals surface area contributed by atoms with Crippen LogP contribution in [0.5, 0.6) is 17.2 Å². The van der Waals surface area contributed by atoms with Gasteiger partial charge in [0.2, 0.25) is 0 Å². The second-order valence-electron chi connectivity index (χ2n) is 2.85. The van der Waals surface area contributed by atoms with Crippen molar-refractivity contribution in [2.24, 2.45) is 0 Å². The van der Waals surface area contributed by atoms with E-state index in [1.54, 1.807) is 6.92 Å². The van der Waals surface area contributed by atoms with Gasteiger partial charge in [0, 0.05) is 6.07 Å². The molecule has 1 rings (SSSR count). The van der Waals surface area contributed by atoms with Crippen molar-refractivity contribution >= 4 is 17.6 Å². The number of hydrogen-bond acceptors (Lipinski definition) is 4. The number of aromatic hydroxyl groups is 1. The molecule has 0 aliphatic heterocycles. The topological polar surface area (TPSA) is 76.0 Å². The molecule has 0 radical (unpaired) electrons. The fourth-order valence-electron chi connectivity index (χ4n) is 1.22. The summed E-state index contributed by atoms with van der Waals surface area (Å²) in [6.45, 7) is 1.97. The summed E-state index contributed by atoms with van der Waals surface area (Å²) in [6, 6.07) is 1.33. The van der Waals surface area contributed by atoms with Crippen LogP contribution in [0.2, 0.25) is 5.02 Å². The van der Waals surface area contributed by atoms with Crippen LogP contribution in [-0.2, 0) is 0 Å². The van der Waals surface area contributed by atoms with E-state index in [9.17, 15) is 9.90 Å². The van der Waals surface area contributed by atoms with E-state index in [4.69, 9.17) is 26.2 Å². The summed E-state index contributed by atoms with van der Waals surface area (Å²) in [6.07, 6.45) is 0. The second-order valence-corrected chi connectivity index (χ2v) is 3.23. The van der Waals surface area contributed by atoms with Gasteiger partial charge in [-0.1, -0.05) is 11.6 Å². The van der Waals surface area contributed by atoms with Crippen molar-refractivity contribution in [3.63, 3.8) is 0 Å². The van der Waals surface area contributed by atoms with E-state index >= 15 is 0 Å². The fourth-order valence-corrected chi connectivity index (χ4v) is 1.45. The predicted molar refractivity (Wildman–Crippen MR) is 57.8 cm³/mol. The van der Waals surface area contributed by atoms with Crippen molar-refractivity contribution in [2.45, 2.75) is 6.92 Å². The summed E-state index contributed by atoms with van der Waals surface area (Å²) in [5.41, 5.74) is -0.368. The van der Waals surface area contributed by atoms with Crippen LogP contribution >= 0.6 is 11.6 Å². The van der Waals surface area contributed by atoms with Gasteiger partial charge in [-0.3, -0.25) is 0 Å². The molecule has 0 heterocycles. The first-order valence-electron chi connectivity index (χ1n) is 4.48. The molecule has 5 nitrogen and oxygen atoms in total. The normalized spacial score (nSPS) is 9.94. The van der Waals surface area contributed by atoms with Crippen molar-refractivity contribution in [3.05, 3.63) is 16.7 Å². The third-order valence-electron chi connectivity index (χ3n) is 1.90. The first-order valence-corrected chi connectivity index (χ1v) is 4.86. The lowest BCUT2D eigenvalue weighted by Crippen LogP contribution is -2.04. The van der Waals surface area contributed by atoms with Crippen molar-refractivity contribution in [1.29, 1.82) is 0 Å². The van der Waals surface area contributed by atoms with Crippen LogP contribution in [0.3, 0.4) is 0 Å². The summed E-state index contributed by atoms with van der Waals surface area (Å²) in [5, 5.41) is 18.4. The van der Waals surface area contributed by atoms with E-state index in [2.05, 4.69) is 0 Å². The highest BCUT2D eigenvalue weighted by Gasteiger charge is 2.23. The smallest absolute Gasteiger partial charge is 0.343 e. The van der Waals surface area contributed by atoms with Gasteiger partial charge in [-0.05, 0) is 6.92 Å². The number of methoxy groups -OCH3 is 1. The summed E-state index contributed by atoms with van der Waals surface area (Å²) in [4.78, 5) is 10.9. The largest absolute Gasteiger partial charge is 0.505 e. The first-order chi connectivity index (χ1) is 7.52. The summed E-state index contributed by atoms with van der Waals surface area (Å²) >= 11 is 5.72. The molecule has 0 atom stereocenters. The Kier molecular flexibility index (Phi) is 3.84. The van der Waals surface area contributed by atoms with Crippen LogP contribution in [-0.4, -0.2) is 29.9 Å². The van der Waals surface area contributed by atoms with E-state index in [0.717, 1.165) is 0 Å². The van der Waals surface area contributed by atoms with Crippen LogP contribution < -0.4 is 9.47 Å². The van der Waals surface area contributed by atoms with Crippen molar-refractivity contribution in [1.82, 2.24) is 0 Å². The van der Waals surface area contributed by atoms with Crippen LogP contribution in [0, 0.1) is 0 Å². The Labute approximate surface area is 97.2 Å². The van der Waals surface area contributed by atoms with Crippen LogP contribution in [0.25, 0.3) is 0 Å². The molecule has 6 heteroatoms. The standard InChI is InChI=1S/C10H11ClO5/c1-3-16-5-4-6(15-2)8(11)9(12)7(5)10(13)14/h4,12H,3H2,1-2H3,(H,13,14). The molecule has 1 aromatic rings. The first kappa shape index (κ1) is 12.4. The highest BCUT2D eigenvalue weighted by molar-refractivity contribution is 6.34. The van der Waals surface area contributed by atoms with E-state index in [0.29, 0.717) is 0 Å². The highest BCUT2D eigenvalue weighted by atomic mass is 35.5. The van der Waals surface area contributed by atoms with Gasteiger partial charge in [0.15, 0.2) is 5.75 Å². The van der Waals surface area contributed by atoms with E-state index < -0.39 is 11.7 Å². The summed E-state index contributed by atoms with van der Waals surface area (Å²) in [5.74, 6) is -1.69. The maximum Gasteiger partial charge on any atom is 0.343 e. The molecule has 0 bridgehead atoms. The minimum absolute atomic E-state index is 0.0220. The number of carboxylic acid groups (broad SMARTS) is 1. The van der Waals surface area contributed by atoms with E-state index in [1.807, 2.05) is 0 Å². The SMILES string of the molecule is CCOc1cc(OC)c(Cl)c(O)c1C(=O)O. The molecule has 88 valence electrons. The number of benzene rings is 1. The number of ether oxygens (including phenoxy) is 2. The second kappa shape index (κ2) is 4.94. The van der Waals surface area contributed by atoms with Gasteiger partial charge in [0.05, 0.1) is 13.7 Å². The summed E-state index contributed by atoms with van der Waals surface area (Å²) in [7, 11) is 1.36. The number of carboxylic acids is 1. The zero-order valence-electron chi connectivity index (χ0n) is 8.78. The Morgan fingerprint density at radius 1 is 1.50 bits per heavy atom. The van der Waals surface area contributed by atoms with Crippen LogP contribution in [0.1, 0.15) is 17.3 Å². The molecule has 0 aliphatic carbocycles. The number of halogens is 1. The molecule has 1 aromatic carbocycles. The average Bonchev–Trinajstić information content (AvgIpc) is 2.23. The Bertz CT molecular complexity index is 416. The van der Waals surface area contributed by atoms with Crippen molar-refractivity contribution in [2.75, 3.05) is 13.7 Å². The lowest BCUT2D eigenvalue weighted by Gasteiger charge is -2.12. The molecular weight excluding hydrogens is 236 g/mol. The average molecular weight is 247 g/mol. The van der Waals surface area contributed by atoms with Crippen molar-refractivity contribution < 1.29 is 24.5 Å². The Balaban J connectivity index is 3.45. The molecule has 0 unspecified atom stereocenters.